The van der Waals surface area contributed by atoms with E-state index in [0.29, 0.717) is 22.2 Å². The minimum absolute atomic E-state index is 0.0898. The summed E-state index contributed by atoms with van der Waals surface area (Å²) in [5, 5.41) is 6.33. The van der Waals surface area contributed by atoms with Crippen LogP contribution in [0.1, 0.15) is 29.4 Å². The van der Waals surface area contributed by atoms with Crippen molar-refractivity contribution in [1.82, 2.24) is 14.5 Å². The van der Waals surface area contributed by atoms with E-state index in [1.165, 1.54) is 30.1 Å². The quantitative estimate of drug-likeness (QED) is 0.288. The third-order valence-corrected chi connectivity index (χ3v) is 5.63. The van der Waals surface area contributed by atoms with Gasteiger partial charge in [0.15, 0.2) is 0 Å². The van der Waals surface area contributed by atoms with E-state index in [4.69, 9.17) is 16.3 Å². The fourth-order valence-corrected chi connectivity index (χ4v) is 3.50. The van der Waals surface area contributed by atoms with Gasteiger partial charge in [0.1, 0.15) is 22.9 Å². The molecule has 0 radical (unpaired) electrons. The van der Waals surface area contributed by atoms with Gasteiger partial charge in [0.05, 0.1) is 26.0 Å². The molecule has 2 N–H and O–H groups in total. The molecule has 2 heterocycles. The van der Waals surface area contributed by atoms with Gasteiger partial charge in [-0.3, -0.25) is 14.2 Å². The Bertz CT molecular complexity index is 1490. The molecular weight excluding hydrogens is 510 g/mol. The number of hydrogen-bond donors (Lipinski definition) is 2. The summed E-state index contributed by atoms with van der Waals surface area (Å²) >= 11 is 6.00. The van der Waals surface area contributed by atoms with Crippen LogP contribution in [0.3, 0.4) is 0 Å². The van der Waals surface area contributed by atoms with Crippen LogP contribution in [0.15, 0.2) is 77.9 Å². The molecule has 10 nitrogen and oxygen atoms in total. The van der Waals surface area contributed by atoms with Crippen LogP contribution in [0.5, 0.6) is 11.5 Å². The van der Waals surface area contributed by atoms with E-state index >= 15 is 0 Å². The molecule has 0 aliphatic carbocycles. The van der Waals surface area contributed by atoms with Gasteiger partial charge in [0, 0.05) is 17.1 Å². The van der Waals surface area contributed by atoms with Crippen molar-refractivity contribution in [3.8, 4) is 11.5 Å². The molecule has 0 aliphatic heterocycles. The maximum Gasteiger partial charge on any atom is 0.356 e. The first-order chi connectivity index (χ1) is 18.4. The molecular formula is C27H24ClN5O5. The number of amides is 1. The lowest BCUT2D eigenvalue weighted by Gasteiger charge is -2.16. The van der Waals surface area contributed by atoms with Gasteiger partial charge >= 0.3 is 5.97 Å². The number of methoxy groups -OCH3 is 1. The van der Waals surface area contributed by atoms with E-state index in [2.05, 4.69) is 25.3 Å². The summed E-state index contributed by atoms with van der Waals surface area (Å²) in [6.45, 7) is 1.91. The van der Waals surface area contributed by atoms with Gasteiger partial charge in [-0.05, 0) is 54.1 Å². The Morgan fingerprint density at radius 1 is 0.947 bits per heavy atom. The fraction of sp³-hybridized carbons (Fsp3) is 0.148. The smallest absolute Gasteiger partial charge is 0.356 e. The van der Waals surface area contributed by atoms with Crippen molar-refractivity contribution in [2.75, 3.05) is 17.7 Å². The van der Waals surface area contributed by atoms with Gasteiger partial charge in [-0.25, -0.2) is 14.8 Å². The van der Waals surface area contributed by atoms with Crippen molar-refractivity contribution < 1.29 is 19.1 Å². The molecule has 0 bridgehead atoms. The van der Waals surface area contributed by atoms with Crippen LogP contribution in [0.25, 0.3) is 0 Å². The first-order valence-electron chi connectivity index (χ1n) is 11.6. The van der Waals surface area contributed by atoms with Gasteiger partial charge in [-0.2, -0.15) is 0 Å². The van der Waals surface area contributed by atoms with Crippen molar-refractivity contribution in [1.29, 1.82) is 0 Å². The Hall–Kier alpha value is -4.70. The van der Waals surface area contributed by atoms with E-state index in [1.54, 1.807) is 49.4 Å². The van der Waals surface area contributed by atoms with Crippen molar-refractivity contribution in [2.24, 2.45) is 0 Å². The Morgan fingerprint density at radius 2 is 1.66 bits per heavy atom. The minimum atomic E-state index is -0.532. The van der Waals surface area contributed by atoms with E-state index < -0.39 is 11.5 Å². The zero-order valence-corrected chi connectivity index (χ0v) is 21.4. The molecule has 4 aromatic rings. The number of carbonyl (C=O) groups is 2. The van der Waals surface area contributed by atoms with Crippen LogP contribution >= 0.6 is 11.6 Å². The van der Waals surface area contributed by atoms with Gasteiger partial charge in [-0.1, -0.05) is 30.7 Å². The van der Waals surface area contributed by atoms with Gasteiger partial charge in [0.25, 0.3) is 5.56 Å². The van der Waals surface area contributed by atoms with E-state index in [0.717, 1.165) is 5.56 Å². The average Bonchev–Trinajstić information content (AvgIpc) is 2.94. The Balaban J connectivity index is 1.55. The highest BCUT2D eigenvalue weighted by Crippen LogP contribution is 2.24. The number of ether oxygens (including phenoxy) is 2. The average molecular weight is 534 g/mol. The molecule has 38 heavy (non-hydrogen) atoms. The number of nitrogens with zero attached hydrogens (tertiary/aromatic N) is 3. The van der Waals surface area contributed by atoms with Crippen LogP contribution in [0, 0.1) is 0 Å². The number of pyridine rings is 1. The Labute approximate surface area is 223 Å². The monoisotopic (exact) mass is 533 g/mol. The SMILES string of the molecule is CCC(=O)Nc1cnc(Nc2ccc(Oc3ccc(C(=O)OC)nc3)cc2)n(Cc2ccc(Cl)cc2)c1=O. The van der Waals surface area contributed by atoms with Crippen molar-refractivity contribution in [3.05, 3.63) is 99.7 Å². The summed E-state index contributed by atoms with van der Waals surface area (Å²) in [5.41, 5.74) is 1.35. The molecule has 0 atom stereocenters. The molecule has 0 fully saturated rings. The molecule has 1 amide bonds. The topological polar surface area (TPSA) is 124 Å². The maximum absolute atomic E-state index is 13.2. The third-order valence-electron chi connectivity index (χ3n) is 5.37. The molecule has 194 valence electrons. The number of rotatable bonds is 9. The predicted molar refractivity (Wildman–Crippen MR) is 143 cm³/mol. The summed E-state index contributed by atoms with van der Waals surface area (Å²) in [6.07, 6.45) is 2.99. The van der Waals surface area contributed by atoms with Crippen LogP contribution in [0.4, 0.5) is 17.3 Å². The van der Waals surface area contributed by atoms with Gasteiger partial charge < -0.3 is 20.1 Å². The second kappa shape index (κ2) is 12.0. The lowest BCUT2D eigenvalue weighted by atomic mass is 10.2. The normalized spacial score (nSPS) is 10.5. The van der Waals surface area contributed by atoms with Crippen molar-refractivity contribution in [2.45, 2.75) is 19.9 Å². The molecule has 0 unspecified atom stereocenters. The summed E-state index contributed by atoms with van der Waals surface area (Å²) in [7, 11) is 1.29. The molecule has 2 aromatic heterocycles. The van der Waals surface area contributed by atoms with Gasteiger partial charge in [-0.15, -0.1) is 0 Å². The number of aromatic nitrogens is 3. The summed E-state index contributed by atoms with van der Waals surface area (Å²) < 4.78 is 11.9. The molecule has 4 rings (SSSR count). The number of esters is 1. The number of halogens is 1. The van der Waals surface area contributed by atoms with Crippen molar-refractivity contribution >= 4 is 40.8 Å². The van der Waals surface area contributed by atoms with Crippen LogP contribution in [-0.4, -0.2) is 33.5 Å². The number of hydrogen-bond acceptors (Lipinski definition) is 8. The van der Waals surface area contributed by atoms with E-state index in [-0.39, 0.29) is 36.2 Å². The highest BCUT2D eigenvalue weighted by atomic mass is 35.5. The van der Waals surface area contributed by atoms with Crippen LogP contribution in [0.2, 0.25) is 5.02 Å². The lowest BCUT2D eigenvalue weighted by Crippen LogP contribution is -2.28. The maximum atomic E-state index is 13.2. The molecule has 0 spiro atoms. The van der Waals surface area contributed by atoms with Crippen molar-refractivity contribution in [3.63, 3.8) is 0 Å². The standard InChI is InChI=1S/C27H24ClN5O5/c1-3-24(34)32-23-15-30-27(33(25(23)35)16-17-4-6-18(28)7-5-17)31-19-8-10-20(11-9-19)38-21-12-13-22(29-14-21)26(36)37-2/h4-15H,3,16H2,1-2H3,(H,30,31)(H,32,34). The number of carbonyl (C=O) groups excluding carboxylic acids is 2. The number of nitrogens with one attached hydrogen (secondary N) is 2. The Kier molecular flexibility index (Phi) is 8.34. The molecule has 0 saturated carbocycles. The minimum Gasteiger partial charge on any atom is -0.464 e. The van der Waals surface area contributed by atoms with Crippen LogP contribution < -0.4 is 20.9 Å². The number of benzene rings is 2. The largest absolute Gasteiger partial charge is 0.464 e. The van der Waals surface area contributed by atoms with Crippen LogP contribution in [-0.2, 0) is 16.1 Å². The second-order valence-electron chi connectivity index (χ2n) is 8.04. The van der Waals surface area contributed by atoms with Gasteiger partial charge in [0.2, 0.25) is 11.9 Å². The zero-order chi connectivity index (χ0) is 27.1. The zero-order valence-electron chi connectivity index (χ0n) is 20.6. The van der Waals surface area contributed by atoms with E-state index in [1.807, 2.05) is 12.1 Å². The predicted octanol–water partition coefficient (Wildman–Crippen LogP) is 5.01. The highest BCUT2D eigenvalue weighted by Gasteiger charge is 2.14. The first-order valence-corrected chi connectivity index (χ1v) is 12.0. The molecule has 0 aliphatic rings. The Morgan fingerprint density at radius 3 is 2.29 bits per heavy atom. The lowest BCUT2D eigenvalue weighted by molar-refractivity contribution is -0.115. The highest BCUT2D eigenvalue weighted by molar-refractivity contribution is 6.30. The molecule has 0 saturated heterocycles. The third kappa shape index (κ3) is 6.54. The fourth-order valence-electron chi connectivity index (χ4n) is 3.37. The first kappa shape index (κ1) is 26.4. The summed E-state index contributed by atoms with van der Waals surface area (Å²) in [6, 6.07) is 17.2. The number of anilines is 3. The van der Waals surface area contributed by atoms with E-state index in [9.17, 15) is 14.4 Å². The molecule has 2 aromatic carbocycles. The summed E-state index contributed by atoms with van der Waals surface area (Å²) in [5.74, 6) is 0.453. The summed E-state index contributed by atoms with van der Waals surface area (Å²) in [4.78, 5) is 45.1. The molecule has 11 heteroatoms. The second-order valence-corrected chi connectivity index (χ2v) is 8.47.